The van der Waals surface area contributed by atoms with Crippen molar-refractivity contribution in [2.75, 3.05) is 0 Å². The zero-order valence-electron chi connectivity index (χ0n) is 7.05. The van der Waals surface area contributed by atoms with Gasteiger partial charge in [-0.3, -0.25) is 4.79 Å². The summed E-state index contributed by atoms with van der Waals surface area (Å²) in [6, 6.07) is 1.88. The van der Waals surface area contributed by atoms with Crippen LogP contribution in [-0.2, 0) is 0 Å². The van der Waals surface area contributed by atoms with Gasteiger partial charge in [-0.25, -0.2) is 0 Å². The first-order valence-corrected chi connectivity index (χ1v) is 4.43. The van der Waals surface area contributed by atoms with E-state index in [1.54, 1.807) is 0 Å². The molecule has 0 unspecified atom stereocenters. The van der Waals surface area contributed by atoms with Crippen LogP contribution >= 0.6 is 11.3 Å². The predicted molar refractivity (Wildman–Crippen MR) is 48.9 cm³/mol. The second kappa shape index (κ2) is 4.91. The molecule has 62 valence electrons. The van der Waals surface area contributed by atoms with Gasteiger partial charge in [0.1, 0.15) is 0 Å². The first-order chi connectivity index (χ1) is 5.22. The minimum Gasteiger partial charge on any atom is -0.365 e. The second-order valence-corrected chi connectivity index (χ2v) is 2.71. The van der Waals surface area contributed by atoms with Crippen LogP contribution in [0.25, 0.3) is 0 Å². The Hall–Kier alpha value is -0.830. The number of nitrogens with two attached hydrogens (primary N) is 1. The van der Waals surface area contributed by atoms with E-state index in [0.717, 1.165) is 5.56 Å². The van der Waals surface area contributed by atoms with Gasteiger partial charge in [-0.05, 0) is 23.9 Å². The van der Waals surface area contributed by atoms with Crippen molar-refractivity contribution in [1.82, 2.24) is 0 Å². The Balaban J connectivity index is 0.000000461. The number of thiophene rings is 1. The molecule has 0 radical (unpaired) electrons. The third-order valence-electron chi connectivity index (χ3n) is 1.09. The first-order valence-electron chi connectivity index (χ1n) is 3.55. The maximum absolute atomic E-state index is 10.5. The van der Waals surface area contributed by atoms with Crippen LogP contribution in [0.3, 0.4) is 0 Å². The van der Waals surface area contributed by atoms with Gasteiger partial charge in [0.2, 0.25) is 0 Å². The van der Waals surface area contributed by atoms with Crippen molar-refractivity contribution in [3.63, 3.8) is 0 Å². The summed E-state index contributed by atoms with van der Waals surface area (Å²) >= 11 is 1.38. The number of hydrogen-bond donors (Lipinski definition) is 1. The molecule has 11 heavy (non-hydrogen) atoms. The molecule has 1 heterocycles. The zero-order valence-corrected chi connectivity index (χ0v) is 7.87. The van der Waals surface area contributed by atoms with E-state index >= 15 is 0 Å². The SMILES string of the molecule is CC.Cc1ccsc1C(N)=O. The Morgan fingerprint density at radius 1 is 1.55 bits per heavy atom. The Bertz CT molecular complexity index is 230. The van der Waals surface area contributed by atoms with Crippen LogP contribution in [0.1, 0.15) is 29.1 Å². The van der Waals surface area contributed by atoms with Crippen molar-refractivity contribution in [3.05, 3.63) is 21.9 Å². The fourth-order valence-electron chi connectivity index (χ4n) is 0.625. The maximum atomic E-state index is 10.5. The standard InChI is InChI=1S/C6H7NOS.C2H6/c1-4-2-3-9-5(4)6(7)8;1-2/h2-3H,1H3,(H2,7,8);1-2H3. The molecule has 1 rings (SSSR count). The monoisotopic (exact) mass is 171 g/mol. The van der Waals surface area contributed by atoms with Gasteiger partial charge in [0.05, 0.1) is 4.88 Å². The van der Waals surface area contributed by atoms with Gasteiger partial charge < -0.3 is 5.73 Å². The van der Waals surface area contributed by atoms with E-state index in [2.05, 4.69) is 0 Å². The maximum Gasteiger partial charge on any atom is 0.259 e. The number of carbonyl (C=O) groups is 1. The lowest BCUT2D eigenvalue weighted by Crippen LogP contribution is -2.09. The number of rotatable bonds is 1. The Labute approximate surface area is 71.0 Å². The van der Waals surface area contributed by atoms with E-state index in [-0.39, 0.29) is 5.91 Å². The topological polar surface area (TPSA) is 43.1 Å². The number of carbonyl (C=O) groups excluding carboxylic acids is 1. The van der Waals surface area contributed by atoms with Crippen LogP contribution < -0.4 is 5.73 Å². The molecule has 2 N–H and O–H groups in total. The number of amides is 1. The fraction of sp³-hybridized carbons (Fsp3) is 0.375. The lowest BCUT2D eigenvalue weighted by atomic mass is 10.3. The van der Waals surface area contributed by atoms with Crippen molar-refractivity contribution in [3.8, 4) is 0 Å². The summed E-state index contributed by atoms with van der Waals surface area (Å²) in [6.45, 7) is 5.87. The minimum absolute atomic E-state index is 0.331. The van der Waals surface area contributed by atoms with E-state index in [4.69, 9.17) is 5.73 Å². The molecule has 0 atom stereocenters. The van der Waals surface area contributed by atoms with Gasteiger partial charge in [-0.1, -0.05) is 13.8 Å². The van der Waals surface area contributed by atoms with E-state index in [1.807, 2.05) is 32.2 Å². The summed E-state index contributed by atoms with van der Waals surface area (Å²) in [5, 5.41) is 1.86. The molecule has 0 fully saturated rings. The third-order valence-corrected chi connectivity index (χ3v) is 2.12. The van der Waals surface area contributed by atoms with Gasteiger partial charge in [0.15, 0.2) is 0 Å². The fourth-order valence-corrected chi connectivity index (χ4v) is 1.40. The van der Waals surface area contributed by atoms with Crippen molar-refractivity contribution in [1.29, 1.82) is 0 Å². The van der Waals surface area contributed by atoms with Crippen molar-refractivity contribution >= 4 is 17.2 Å². The average molecular weight is 171 g/mol. The lowest BCUT2D eigenvalue weighted by Gasteiger charge is -1.87. The summed E-state index contributed by atoms with van der Waals surface area (Å²) in [4.78, 5) is 11.2. The van der Waals surface area contributed by atoms with Crippen molar-refractivity contribution in [2.45, 2.75) is 20.8 Å². The van der Waals surface area contributed by atoms with Crippen LogP contribution in [0.2, 0.25) is 0 Å². The molecule has 3 heteroatoms. The van der Waals surface area contributed by atoms with Gasteiger partial charge in [-0.15, -0.1) is 11.3 Å². The van der Waals surface area contributed by atoms with Crippen molar-refractivity contribution < 1.29 is 4.79 Å². The molecule has 1 amide bonds. The number of hydrogen-bond acceptors (Lipinski definition) is 2. The van der Waals surface area contributed by atoms with Gasteiger partial charge in [-0.2, -0.15) is 0 Å². The lowest BCUT2D eigenvalue weighted by molar-refractivity contribution is 0.100. The Morgan fingerprint density at radius 3 is 2.27 bits per heavy atom. The highest BCUT2D eigenvalue weighted by atomic mass is 32.1. The van der Waals surface area contributed by atoms with E-state index in [0.29, 0.717) is 4.88 Å². The molecule has 0 aliphatic carbocycles. The van der Waals surface area contributed by atoms with Crippen LogP contribution in [-0.4, -0.2) is 5.91 Å². The zero-order chi connectivity index (χ0) is 8.85. The first kappa shape index (κ1) is 10.2. The quantitative estimate of drug-likeness (QED) is 0.691. The Kier molecular flexibility index (Phi) is 4.54. The number of aryl methyl sites for hydroxylation is 1. The Morgan fingerprint density at radius 2 is 2.09 bits per heavy atom. The molecular formula is C8H13NOS. The van der Waals surface area contributed by atoms with E-state index < -0.39 is 0 Å². The minimum atomic E-state index is -0.331. The summed E-state index contributed by atoms with van der Waals surface area (Å²) in [5.41, 5.74) is 6.00. The summed E-state index contributed by atoms with van der Waals surface area (Å²) in [7, 11) is 0. The van der Waals surface area contributed by atoms with Crippen LogP contribution in [0.15, 0.2) is 11.4 Å². The highest BCUT2D eigenvalue weighted by molar-refractivity contribution is 7.12. The molecule has 1 aromatic heterocycles. The molecule has 0 bridgehead atoms. The normalized spacial score (nSPS) is 8.27. The second-order valence-electron chi connectivity index (χ2n) is 1.80. The van der Waals surface area contributed by atoms with Crippen LogP contribution in [0.5, 0.6) is 0 Å². The summed E-state index contributed by atoms with van der Waals surface area (Å²) in [6.07, 6.45) is 0. The van der Waals surface area contributed by atoms with Gasteiger partial charge >= 0.3 is 0 Å². The van der Waals surface area contributed by atoms with E-state index in [1.165, 1.54) is 11.3 Å². The average Bonchev–Trinajstić information content (AvgIpc) is 2.39. The molecule has 0 saturated carbocycles. The predicted octanol–water partition coefficient (Wildman–Crippen LogP) is 2.18. The van der Waals surface area contributed by atoms with E-state index in [9.17, 15) is 4.79 Å². The smallest absolute Gasteiger partial charge is 0.259 e. The summed E-state index contributed by atoms with van der Waals surface area (Å²) in [5.74, 6) is -0.331. The highest BCUT2D eigenvalue weighted by Crippen LogP contribution is 2.13. The molecular weight excluding hydrogens is 158 g/mol. The van der Waals surface area contributed by atoms with Crippen LogP contribution in [0, 0.1) is 6.92 Å². The highest BCUT2D eigenvalue weighted by Gasteiger charge is 2.03. The third kappa shape index (κ3) is 2.72. The van der Waals surface area contributed by atoms with Crippen molar-refractivity contribution in [2.24, 2.45) is 5.73 Å². The van der Waals surface area contributed by atoms with Gasteiger partial charge in [0, 0.05) is 0 Å². The molecule has 0 saturated heterocycles. The largest absolute Gasteiger partial charge is 0.365 e. The molecule has 0 aromatic carbocycles. The van der Waals surface area contributed by atoms with Gasteiger partial charge in [0.25, 0.3) is 5.91 Å². The number of primary amides is 1. The molecule has 0 aliphatic rings. The molecule has 2 nitrogen and oxygen atoms in total. The van der Waals surface area contributed by atoms with Crippen LogP contribution in [0.4, 0.5) is 0 Å². The summed E-state index contributed by atoms with van der Waals surface area (Å²) < 4.78 is 0. The molecule has 0 spiro atoms. The molecule has 1 aromatic rings. The molecule has 0 aliphatic heterocycles.